The zero-order valence-electron chi connectivity index (χ0n) is 17.9. The predicted molar refractivity (Wildman–Crippen MR) is 112 cm³/mol. The number of nitrogens with zero attached hydrogens (tertiary/aromatic N) is 3. The molecule has 0 saturated heterocycles. The summed E-state index contributed by atoms with van der Waals surface area (Å²) >= 11 is 6.05. The van der Waals surface area contributed by atoms with Gasteiger partial charge in [0.25, 0.3) is 5.91 Å². The summed E-state index contributed by atoms with van der Waals surface area (Å²) < 4.78 is 46.6. The predicted octanol–water partition coefficient (Wildman–Crippen LogP) is 3.09. The van der Waals surface area contributed by atoms with Gasteiger partial charge in [-0.3, -0.25) is 14.6 Å². The van der Waals surface area contributed by atoms with Crippen molar-refractivity contribution in [3.05, 3.63) is 51.9 Å². The Morgan fingerprint density at radius 1 is 1.36 bits per heavy atom. The number of pyridine rings is 2. The van der Waals surface area contributed by atoms with Crippen molar-refractivity contribution in [1.29, 1.82) is 0 Å². The van der Waals surface area contributed by atoms with Crippen molar-refractivity contribution in [2.45, 2.75) is 32.1 Å². The van der Waals surface area contributed by atoms with Gasteiger partial charge in [0.05, 0.1) is 24.8 Å². The Hall–Kier alpha value is -2.92. The summed E-state index contributed by atoms with van der Waals surface area (Å²) in [6.45, 7) is 1.20. The van der Waals surface area contributed by atoms with Crippen molar-refractivity contribution in [1.82, 2.24) is 20.2 Å². The summed E-state index contributed by atoms with van der Waals surface area (Å²) in [4.78, 5) is 34.9. The van der Waals surface area contributed by atoms with Gasteiger partial charge in [-0.1, -0.05) is 11.6 Å². The molecule has 3 heterocycles. The van der Waals surface area contributed by atoms with Crippen LogP contribution in [0.5, 0.6) is 5.88 Å². The highest BCUT2D eigenvalue weighted by molar-refractivity contribution is 6.31. The fourth-order valence-corrected chi connectivity index (χ4v) is 3.62. The van der Waals surface area contributed by atoms with Crippen LogP contribution in [0.2, 0.25) is 5.02 Å². The van der Waals surface area contributed by atoms with E-state index in [2.05, 4.69) is 20.0 Å². The highest BCUT2D eigenvalue weighted by Gasteiger charge is 2.34. The first-order valence-electron chi connectivity index (χ1n) is 9.99. The van der Waals surface area contributed by atoms with Gasteiger partial charge in [-0.15, -0.1) is 0 Å². The molecule has 0 spiro atoms. The maximum absolute atomic E-state index is 13.0. The number of halogens is 4. The summed E-state index contributed by atoms with van der Waals surface area (Å²) in [5, 5.41) is 2.62. The average molecular weight is 487 g/mol. The third-order valence-electron chi connectivity index (χ3n) is 5.07. The zero-order chi connectivity index (χ0) is 24.2. The summed E-state index contributed by atoms with van der Waals surface area (Å²) in [5.74, 6) is -0.835. The fourth-order valence-electron chi connectivity index (χ4n) is 3.39. The maximum Gasteiger partial charge on any atom is 0.422 e. The minimum absolute atomic E-state index is 0.0149. The number of hydrogen-bond acceptors (Lipinski definition) is 6. The molecular formula is C21H22ClF3N4O4. The van der Waals surface area contributed by atoms with Crippen LogP contribution in [0, 0.1) is 0 Å². The zero-order valence-corrected chi connectivity index (χ0v) is 18.7. The van der Waals surface area contributed by atoms with Crippen LogP contribution in [-0.2, 0) is 22.5 Å². The standard InChI is InChI=1S/C21H22ClF3N4O4/c1-12(13-7-16(22)19(28-9-13)33-11-21(23,24)25)29-10-15-14(20(29)31)3-4-26-17(15)8-18(30)27-5-6-32-2/h3-4,7,9,12H,5-6,8,10-11H2,1-2H3,(H,27,30). The molecule has 0 aromatic carbocycles. The number of carbonyl (C=O) groups excluding carboxylic acids is 2. The van der Waals surface area contributed by atoms with Crippen LogP contribution in [0.15, 0.2) is 24.5 Å². The first kappa shape index (κ1) is 24.7. The molecule has 0 aliphatic carbocycles. The minimum Gasteiger partial charge on any atom is -0.467 e. The van der Waals surface area contributed by atoms with Gasteiger partial charge in [0.15, 0.2) is 6.61 Å². The second-order valence-electron chi connectivity index (χ2n) is 7.37. The number of alkyl halides is 3. The number of fused-ring (bicyclic) bond motifs is 1. The summed E-state index contributed by atoms with van der Waals surface area (Å²) in [6, 6.07) is 2.52. The van der Waals surface area contributed by atoms with Crippen molar-refractivity contribution < 1.29 is 32.2 Å². The fraction of sp³-hybridized carbons (Fsp3) is 0.429. The quantitative estimate of drug-likeness (QED) is 0.547. The average Bonchev–Trinajstić information content (AvgIpc) is 3.09. The molecule has 0 radical (unpaired) electrons. The molecule has 12 heteroatoms. The van der Waals surface area contributed by atoms with Gasteiger partial charge in [0, 0.05) is 43.7 Å². The number of aromatic nitrogens is 2. The van der Waals surface area contributed by atoms with E-state index in [-0.39, 0.29) is 35.7 Å². The van der Waals surface area contributed by atoms with Crippen LogP contribution < -0.4 is 10.1 Å². The highest BCUT2D eigenvalue weighted by Crippen LogP contribution is 2.34. The number of nitrogens with one attached hydrogen (secondary N) is 1. The van der Waals surface area contributed by atoms with E-state index in [9.17, 15) is 22.8 Å². The van der Waals surface area contributed by atoms with E-state index in [0.717, 1.165) is 0 Å². The number of amides is 2. The van der Waals surface area contributed by atoms with Gasteiger partial charge in [0.1, 0.15) is 5.02 Å². The van der Waals surface area contributed by atoms with Crippen LogP contribution in [0.1, 0.15) is 40.1 Å². The molecule has 2 amide bonds. The molecule has 0 bridgehead atoms. The van der Waals surface area contributed by atoms with E-state index < -0.39 is 18.8 Å². The second-order valence-corrected chi connectivity index (χ2v) is 7.78. The van der Waals surface area contributed by atoms with Gasteiger partial charge in [-0.05, 0) is 24.6 Å². The van der Waals surface area contributed by atoms with Crippen LogP contribution >= 0.6 is 11.6 Å². The first-order valence-corrected chi connectivity index (χ1v) is 10.4. The van der Waals surface area contributed by atoms with Gasteiger partial charge in [0.2, 0.25) is 11.8 Å². The molecule has 0 saturated carbocycles. The summed E-state index contributed by atoms with van der Waals surface area (Å²) in [6.07, 6.45) is -1.70. The Morgan fingerprint density at radius 2 is 2.12 bits per heavy atom. The van der Waals surface area contributed by atoms with E-state index in [0.29, 0.717) is 35.5 Å². The third kappa shape index (κ3) is 6.11. The third-order valence-corrected chi connectivity index (χ3v) is 5.34. The van der Waals surface area contributed by atoms with Gasteiger partial charge >= 0.3 is 6.18 Å². The van der Waals surface area contributed by atoms with Crippen LogP contribution in [0.25, 0.3) is 0 Å². The van der Waals surface area contributed by atoms with Crippen molar-refractivity contribution in [3.8, 4) is 5.88 Å². The molecule has 1 aliphatic rings. The number of carbonyl (C=O) groups is 2. The SMILES string of the molecule is COCCNC(=O)Cc1nccc2c1CN(C(C)c1cnc(OCC(F)(F)F)c(Cl)c1)C2=O. The molecule has 8 nitrogen and oxygen atoms in total. The highest BCUT2D eigenvalue weighted by atomic mass is 35.5. The molecule has 1 atom stereocenters. The normalized spacial score (nSPS) is 14.2. The Balaban J connectivity index is 1.73. The lowest BCUT2D eigenvalue weighted by atomic mass is 10.1. The van der Waals surface area contributed by atoms with Crippen molar-refractivity contribution in [3.63, 3.8) is 0 Å². The Labute approximate surface area is 193 Å². The largest absolute Gasteiger partial charge is 0.467 e. The number of ether oxygens (including phenoxy) is 2. The molecule has 1 unspecified atom stereocenters. The summed E-state index contributed by atoms with van der Waals surface area (Å²) in [7, 11) is 1.53. The maximum atomic E-state index is 13.0. The number of hydrogen-bond donors (Lipinski definition) is 1. The first-order chi connectivity index (χ1) is 15.6. The van der Waals surface area contributed by atoms with E-state index in [4.69, 9.17) is 16.3 Å². The Bertz CT molecular complexity index is 1040. The van der Waals surface area contributed by atoms with Gasteiger partial charge in [-0.2, -0.15) is 13.2 Å². The van der Waals surface area contributed by atoms with Crippen LogP contribution in [0.4, 0.5) is 13.2 Å². The second kappa shape index (κ2) is 10.3. The van der Waals surface area contributed by atoms with Crippen LogP contribution in [0.3, 0.4) is 0 Å². The lowest BCUT2D eigenvalue weighted by Gasteiger charge is -2.25. The molecule has 33 heavy (non-hydrogen) atoms. The van der Waals surface area contributed by atoms with Gasteiger partial charge < -0.3 is 19.7 Å². The van der Waals surface area contributed by atoms with Gasteiger partial charge in [-0.25, -0.2) is 4.98 Å². The Morgan fingerprint density at radius 3 is 2.79 bits per heavy atom. The van der Waals surface area contributed by atoms with Crippen molar-refractivity contribution in [2.75, 3.05) is 26.9 Å². The molecule has 2 aromatic rings. The van der Waals surface area contributed by atoms with E-state index >= 15 is 0 Å². The Kier molecular flexibility index (Phi) is 7.75. The van der Waals surface area contributed by atoms with Crippen molar-refractivity contribution in [2.24, 2.45) is 0 Å². The minimum atomic E-state index is -4.52. The number of methoxy groups -OCH3 is 1. The van der Waals surface area contributed by atoms with Crippen LogP contribution in [-0.4, -0.2) is 59.7 Å². The van der Waals surface area contributed by atoms with Crippen molar-refractivity contribution >= 4 is 23.4 Å². The molecule has 1 N–H and O–H groups in total. The van der Waals surface area contributed by atoms with E-state index in [1.54, 1.807) is 17.9 Å². The molecule has 0 fully saturated rings. The molecule has 178 valence electrons. The lowest BCUT2D eigenvalue weighted by molar-refractivity contribution is -0.154. The molecule has 2 aromatic heterocycles. The molecule has 3 rings (SSSR count). The van der Waals surface area contributed by atoms with E-state index in [1.165, 1.54) is 25.6 Å². The monoisotopic (exact) mass is 486 g/mol. The topological polar surface area (TPSA) is 93.7 Å². The lowest BCUT2D eigenvalue weighted by Crippen LogP contribution is -2.29. The molecule has 1 aliphatic heterocycles. The molecular weight excluding hydrogens is 465 g/mol. The number of rotatable bonds is 9. The smallest absolute Gasteiger partial charge is 0.422 e. The van der Waals surface area contributed by atoms with E-state index in [1.807, 2.05) is 0 Å². The summed E-state index contributed by atoms with van der Waals surface area (Å²) in [5.41, 5.74) is 2.12.